The van der Waals surface area contributed by atoms with E-state index in [1.807, 2.05) is 0 Å². The molecule has 0 aliphatic carbocycles. The second-order valence-electron chi connectivity index (χ2n) is 3.59. The number of carbonyl (C=O) groups excluding carboxylic acids is 2. The SMILES string of the molecule is CCNC(=O)CNC(=O)COc1ccc(F)cc1Br. The van der Waals surface area contributed by atoms with Crippen molar-refractivity contribution in [2.75, 3.05) is 19.7 Å². The molecule has 0 atom stereocenters. The van der Waals surface area contributed by atoms with Gasteiger partial charge in [0.05, 0.1) is 11.0 Å². The maximum atomic E-state index is 12.8. The van der Waals surface area contributed by atoms with Crippen molar-refractivity contribution in [2.24, 2.45) is 0 Å². The predicted molar refractivity (Wildman–Crippen MR) is 71.3 cm³/mol. The van der Waals surface area contributed by atoms with Crippen molar-refractivity contribution in [2.45, 2.75) is 6.92 Å². The number of likely N-dealkylation sites (N-methyl/N-ethyl adjacent to an activating group) is 1. The summed E-state index contributed by atoms with van der Waals surface area (Å²) in [6.45, 7) is 1.95. The molecular weight excluding hydrogens is 319 g/mol. The number of amides is 2. The Morgan fingerprint density at radius 1 is 1.32 bits per heavy atom. The molecule has 1 rings (SSSR count). The van der Waals surface area contributed by atoms with Crippen LogP contribution in [0.15, 0.2) is 22.7 Å². The van der Waals surface area contributed by atoms with Crippen molar-refractivity contribution in [3.63, 3.8) is 0 Å². The van der Waals surface area contributed by atoms with E-state index in [0.717, 1.165) is 0 Å². The highest BCUT2D eigenvalue weighted by molar-refractivity contribution is 9.10. The molecule has 19 heavy (non-hydrogen) atoms. The van der Waals surface area contributed by atoms with E-state index in [-0.39, 0.29) is 19.1 Å². The quantitative estimate of drug-likeness (QED) is 0.823. The molecule has 0 unspecified atom stereocenters. The fourth-order valence-corrected chi connectivity index (χ4v) is 1.69. The topological polar surface area (TPSA) is 67.4 Å². The van der Waals surface area contributed by atoms with E-state index in [2.05, 4.69) is 26.6 Å². The van der Waals surface area contributed by atoms with Crippen LogP contribution >= 0.6 is 15.9 Å². The highest BCUT2D eigenvalue weighted by Gasteiger charge is 2.07. The Morgan fingerprint density at radius 2 is 2.05 bits per heavy atom. The maximum Gasteiger partial charge on any atom is 0.258 e. The highest BCUT2D eigenvalue weighted by Crippen LogP contribution is 2.25. The average Bonchev–Trinajstić information content (AvgIpc) is 2.35. The minimum Gasteiger partial charge on any atom is -0.483 e. The first kappa shape index (κ1) is 15.4. The fraction of sp³-hybridized carbons (Fsp3) is 0.333. The van der Waals surface area contributed by atoms with E-state index in [1.165, 1.54) is 18.2 Å². The van der Waals surface area contributed by atoms with Crippen LogP contribution in [0.25, 0.3) is 0 Å². The molecule has 0 aromatic heterocycles. The summed E-state index contributed by atoms with van der Waals surface area (Å²) < 4.78 is 18.4. The standard InChI is InChI=1S/C12H14BrFN2O3/c1-2-15-11(17)6-16-12(18)7-19-10-4-3-8(14)5-9(10)13/h3-5H,2,6-7H2,1H3,(H,15,17)(H,16,18). The van der Waals surface area contributed by atoms with Gasteiger partial charge >= 0.3 is 0 Å². The largest absolute Gasteiger partial charge is 0.483 e. The summed E-state index contributed by atoms with van der Waals surface area (Å²) in [5.74, 6) is -0.740. The van der Waals surface area contributed by atoms with Crippen LogP contribution in [0, 0.1) is 5.82 Å². The third-order valence-electron chi connectivity index (χ3n) is 2.07. The maximum absolute atomic E-state index is 12.8. The van der Waals surface area contributed by atoms with Crippen LogP contribution in [0.1, 0.15) is 6.92 Å². The number of halogens is 2. The first-order valence-electron chi connectivity index (χ1n) is 5.64. The van der Waals surface area contributed by atoms with Crippen LogP contribution < -0.4 is 15.4 Å². The monoisotopic (exact) mass is 332 g/mol. The van der Waals surface area contributed by atoms with E-state index in [9.17, 15) is 14.0 Å². The van der Waals surface area contributed by atoms with Gasteiger partial charge in [-0.05, 0) is 41.1 Å². The van der Waals surface area contributed by atoms with Gasteiger partial charge in [0.15, 0.2) is 6.61 Å². The first-order chi connectivity index (χ1) is 9.02. The molecule has 0 fully saturated rings. The zero-order valence-electron chi connectivity index (χ0n) is 10.3. The minimum absolute atomic E-state index is 0.0966. The third kappa shape index (κ3) is 5.69. The molecule has 1 aromatic rings. The Morgan fingerprint density at radius 3 is 2.68 bits per heavy atom. The van der Waals surface area contributed by atoms with Crippen LogP contribution in [0.3, 0.4) is 0 Å². The number of ether oxygens (including phenoxy) is 1. The fourth-order valence-electron chi connectivity index (χ4n) is 1.23. The molecule has 0 radical (unpaired) electrons. The highest BCUT2D eigenvalue weighted by atomic mass is 79.9. The Bertz CT molecular complexity index is 468. The average molecular weight is 333 g/mol. The lowest BCUT2D eigenvalue weighted by molar-refractivity contribution is -0.127. The van der Waals surface area contributed by atoms with E-state index < -0.39 is 11.7 Å². The van der Waals surface area contributed by atoms with E-state index in [1.54, 1.807) is 6.92 Å². The molecule has 7 heteroatoms. The van der Waals surface area contributed by atoms with Crippen molar-refractivity contribution in [3.8, 4) is 5.75 Å². The number of carbonyl (C=O) groups is 2. The number of hydrogen-bond donors (Lipinski definition) is 2. The predicted octanol–water partition coefficient (Wildman–Crippen LogP) is 1.22. The number of benzene rings is 1. The van der Waals surface area contributed by atoms with Gasteiger partial charge in [-0.3, -0.25) is 9.59 Å². The van der Waals surface area contributed by atoms with Gasteiger partial charge in [-0.1, -0.05) is 0 Å². The van der Waals surface area contributed by atoms with Gasteiger partial charge in [0.2, 0.25) is 5.91 Å². The van der Waals surface area contributed by atoms with Crippen LogP contribution in [0.4, 0.5) is 4.39 Å². The summed E-state index contributed by atoms with van der Waals surface area (Å²) in [5.41, 5.74) is 0. The van der Waals surface area contributed by atoms with E-state index >= 15 is 0 Å². The van der Waals surface area contributed by atoms with Gasteiger partial charge in [0, 0.05) is 6.54 Å². The Labute approximate surface area is 118 Å². The molecule has 0 aliphatic heterocycles. The zero-order valence-corrected chi connectivity index (χ0v) is 11.9. The van der Waals surface area contributed by atoms with Gasteiger partial charge in [-0.25, -0.2) is 4.39 Å². The van der Waals surface area contributed by atoms with Gasteiger partial charge in [-0.15, -0.1) is 0 Å². The molecule has 0 aliphatic rings. The van der Waals surface area contributed by atoms with Crippen LogP contribution in [-0.2, 0) is 9.59 Å². The Balaban J connectivity index is 2.36. The lowest BCUT2D eigenvalue weighted by Gasteiger charge is -2.08. The molecule has 2 amide bonds. The lowest BCUT2D eigenvalue weighted by atomic mass is 10.3. The number of rotatable bonds is 6. The van der Waals surface area contributed by atoms with E-state index in [0.29, 0.717) is 16.8 Å². The summed E-state index contributed by atoms with van der Waals surface area (Å²) >= 11 is 3.12. The normalized spacial score (nSPS) is 9.84. The van der Waals surface area contributed by atoms with Crippen molar-refractivity contribution in [3.05, 3.63) is 28.5 Å². The van der Waals surface area contributed by atoms with Gasteiger partial charge in [-0.2, -0.15) is 0 Å². The second-order valence-corrected chi connectivity index (χ2v) is 4.45. The molecule has 0 spiro atoms. The van der Waals surface area contributed by atoms with Gasteiger partial charge in [0.25, 0.3) is 5.91 Å². The van der Waals surface area contributed by atoms with Crippen molar-refractivity contribution in [1.82, 2.24) is 10.6 Å². The van der Waals surface area contributed by atoms with Crippen molar-refractivity contribution >= 4 is 27.7 Å². The van der Waals surface area contributed by atoms with Gasteiger partial charge in [0.1, 0.15) is 11.6 Å². The van der Waals surface area contributed by atoms with Crippen LogP contribution in [-0.4, -0.2) is 31.5 Å². The molecule has 104 valence electrons. The lowest BCUT2D eigenvalue weighted by Crippen LogP contribution is -2.38. The molecule has 2 N–H and O–H groups in total. The smallest absolute Gasteiger partial charge is 0.258 e. The van der Waals surface area contributed by atoms with Crippen molar-refractivity contribution in [1.29, 1.82) is 0 Å². The molecular formula is C12H14BrFN2O3. The number of nitrogens with one attached hydrogen (secondary N) is 2. The number of hydrogen-bond acceptors (Lipinski definition) is 3. The first-order valence-corrected chi connectivity index (χ1v) is 6.43. The Hall–Kier alpha value is -1.63. The summed E-state index contributed by atoms with van der Waals surface area (Å²) in [6.07, 6.45) is 0. The molecule has 5 nitrogen and oxygen atoms in total. The summed E-state index contributed by atoms with van der Waals surface area (Å²) in [7, 11) is 0. The third-order valence-corrected chi connectivity index (χ3v) is 2.69. The van der Waals surface area contributed by atoms with Crippen molar-refractivity contribution < 1.29 is 18.7 Å². The van der Waals surface area contributed by atoms with Gasteiger partial charge < -0.3 is 15.4 Å². The summed E-state index contributed by atoms with van der Waals surface area (Å²) in [5, 5.41) is 4.95. The second kappa shape index (κ2) is 7.73. The van der Waals surface area contributed by atoms with Crippen LogP contribution in [0.5, 0.6) is 5.75 Å². The van der Waals surface area contributed by atoms with Crippen LogP contribution in [0.2, 0.25) is 0 Å². The molecule has 0 saturated heterocycles. The molecule has 1 aromatic carbocycles. The Kier molecular flexibility index (Phi) is 6.27. The summed E-state index contributed by atoms with van der Waals surface area (Å²) in [4.78, 5) is 22.5. The molecule has 0 bridgehead atoms. The minimum atomic E-state index is -0.428. The zero-order chi connectivity index (χ0) is 14.3. The molecule has 0 saturated carbocycles. The van der Waals surface area contributed by atoms with E-state index in [4.69, 9.17) is 4.74 Å². The summed E-state index contributed by atoms with van der Waals surface area (Å²) in [6, 6.07) is 3.88. The molecule has 0 heterocycles.